The van der Waals surface area contributed by atoms with E-state index in [2.05, 4.69) is 15.6 Å². The van der Waals surface area contributed by atoms with Crippen molar-refractivity contribution in [1.82, 2.24) is 15.6 Å². The molecule has 1 saturated heterocycles. The van der Waals surface area contributed by atoms with Gasteiger partial charge in [-0.2, -0.15) is 0 Å². The molecule has 2 heterocycles. The highest BCUT2D eigenvalue weighted by molar-refractivity contribution is 5.86. The van der Waals surface area contributed by atoms with E-state index in [4.69, 9.17) is 4.42 Å². The molecule has 5 nitrogen and oxygen atoms in total. The fraction of sp³-hybridized carbons (Fsp3) is 0.444. The lowest BCUT2D eigenvalue weighted by atomic mass is 10.1. The number of ketones is 1. The normalized spacial score (nSPS) is 17.3. The van der Waals surface area contributed by atoms with Gasteiger partial charge in [0.15, 0.2) is 5.78 Å². The summed E-state index contributed by atoms with van der Waals surface area (Å²) in [7, 11) is 0. The number of aromatic nitrogens is 1. The van der Waals surface area contributed by atoms with Crippen LogP contribution in [0.15, 0.2) is 28.7 Å². The molecule has 0 radical (unpaired) electrons. The summed E-state index contributed by atoms with van der Waals surface area (Å²) in [6.07, 6.45) is 2.69. The highest BCUT2D eigenvalue weighted by Crippen LogP contribution is 2.22. The van der Waals surface area contributed by atoms with Crippen LogP contribution in [-0.2, 0) is 11.2 Å². The minimum absolute atomic E-state index is 0.0105. The van der Waals surface area contributed by atoms with E-state index in [1.54, 1.807) is 12.1 Å². The SMILES string of the molecule is Cc1oc(-c2ccc(F)cc2)nc1CCNCC(=O)[C@@H]1CCCN1. The van der Waals surface area contributed by atoms with E-state index in [0.717, 1.165) is 36.4 Å². The molecule has 24 heavy (non-hydrogen) atoms. The number of aryl methyl sites for hydroxylation is 1. The van der Waals surface area contributed by atoms with Gasteiger partial charge in [-0.15, -0.1) is 0 Å². The van der Waals surface area contributed by atoms with Crippen molar-refractivity contribution < 1.29 is 13.6 Å². The second-order valence-corrected chi connectivity index (χ2v) is 6.07. The fourth-order valence-electron chi connectivity index (χ4n) is 2.88. The molecule has 1 aromatic carbocycles. The average molecular weight is 331 g/mol. The van der Waals surface area contributed by atoms with E-state index in [-0.39, 0.29) is 17.6 Å². The summed E-state index contributed by atoms with van der Waals surface area (Å²) >= 11 is 0. The lowest BCUT2D eigenvalue weighted by Crippen LogP contribution is -2.38. The monoisotopic (exact) mass is 331 g/mol. The Hall–Kier alpha value is -2.05. The molecule has 1 fully saturated rings. The summed E-state index contributed by atoms with van der Waals surface area (Å²) in [5.41, 5.74) is 1.61. The molecule has 128 valence electrons. The molecular weight excluding hydrogens is 309 g/mol. The van der Waals surface area contributed by atoms with Crippen molar-refractivity contribution in [2.24, 2.45) is 0 Å². The quantitative estimate of drug-likeness (QED) is 0.762. The first-order valence-electron chi connectivity index (χ1n) is 8.32. The van der Waals surface area contributed by atoms with Crippen molar-refractivity contribution in [2.75, 3.05) is 19.6 Å². The maximum absolute atomic E-state index is 13.0. The molecular formula is C18H22FN3O2. The van der Waals surface area contributed by atoms with Crippen LogP contribution in [0.25, 0.3) is 11.5 Å². The zero-order chi connectivity index (χ0) is 16.9. The van der Waals surface area contributed by atoms with Crippen LogP contribution >= 0.6 is 0 Å². The van der Waals surface area contributed by atoms with Gasteiger partial charge in [0, 0.05) is 18.5 Å². The number of Topliss-reactive ketones (excluding diaryl/α,β-unsaturated/α-hetero) is 1. The number of rotatable bonds is 7. The number of oxazole rings is 1. The van der Waals surface area contributed by atoms with Crippen LogP contribution in [0.4, 0.5) is 4.39 Å². The lowest BCUT2D eigenvalue weighted by molar-refractivity contribution is -0.119. The summed E-state index contributed by atoms with van der Waals surface area (Å²) in [6, 6.07) is 6.08. The van der Waals surface area contributed by atoms with Gasteiger partial charge in [0.25, 0.3) is 0 Å². The molecule has 0 saturated carbocycles. The van der Waals surface area contributed by atoms with E-state index < -0.39 is 0 Å². The summed E-state index contributed by atoms with van der Waals surface area (Å²) in [4.78, 5) is 16.4. The van der Waals surface area contributed by atoms with Crippen LogP contribution in [0.5, 0.6) is 0 Å². The van der Waals surface area contributed by atoms with Crippen LogP contribution in [0.2, 0.25) is 0 Å². The Bertz CT molecular complexity index is 691. The number of carbonyl (C=O) groups is 1. The molecule has 0 aliphatic carbocycles. The van der Waals surface area contributed by atoms with Crippen molar-refractivity contribution in [3.63, 3.8) is 0 Å². The Balaban J connectivity index is 1.50. The average Bonchev–Trinajstić information content (AvgIpc) is 3.22. The molecule has 1 aromatic heterocycles. The summed E-state index contributed by atoms with van der Waals surface area (Å²) < 4.78 is 18.6. The first kappa shape index (κ1) is 16.8. The maximum Gasteiger partial charge on any atom is 0.226 e. The van der Waals surface area contributed by atoms with Gasteiger partial charge in [0.2, 0.25) is 5.89 Å². The minimum atomic E-state index is -0.284. The number of hydrogen-bond donors (Lipinski definition) is 2. The Morgan fingerprint density at radius 3 is 2.92 bits per heavy atom. The van der Waals surface area contributed by atoms with Gasteiger partial charge in [-0.1, -0.05) is 0 Å². The van der Waals surface area contributed by atoms with Crippen LogP contribution in [0, 0.1) is 12.7 Å². The van der Waals surface area contributed by atoms with Gasteiger partial charge in [0.05, 0.1) is 18.3 Å². The standard InChI is InChI=1S/C18H22FN3O2/c1-12-15(8-10-20-11-17(23)16-3-2-9-21-16)22-18(24-12)13-4-6-14(19)7-5-13/h4-7,16,20-21H,2-3,8-11H2,1H3/t16-/m0/s1. The third kappa shape index (κ3) is 4.07. The van der Waals surface area contributed by atoms with Crippen LogP contribution < -0.4 is 10.6 Å². The smallest absolute Gasteiger partial charge is 0.226 e. The molecule has 2 N–H and O–H groups in total. The highest BCUT2D eigenvalue weighted by Gasteiger charge is 2.21. The van der Waals surface area contributed by atoms with Crippen molar-refractivity contribution >= 4 is 5.78 Å². The molecule has 1 atom stereocenters. The maximum atomic E-state index is 13.0. The van der Waals surface area contributed by atoms with E-state index in [0.29, 0.717) is 25.4 Å². The van der Waals surface area contributed by atoms with E-state index >= 15 is 0 Å². The van der Waals surface area contributed by atoms with Gasteiger partial charge in [-0.3, -0.25) is 4.79 Å². The van der Waals surface area contributed by atoms with E-state index in [9.17, 15) is 9.18 Å². The van der Waals surface area contributed by atoms with Gasteiger partial charge in [0.1, 0.15) is 11.6 Å². The first-order chi connectivity index (χ1) is 11.6. The van der Waals surface area contributed by atoms with Gasteiger partial charge >= 0.3 is 0 Å². The predicted octanol–water partition coefficient (Wildman–Crippen LogP) is 2.24. The van der Waals surface area contributed by atoms with Crippen molar-refractivity contribution in [2.45, 2.75) is 32.2 Å². The van der Waals surface area contributed by atoms with Crippen LogP contribution in [0.3, 0.4) is 0 Å². The fourth-order valence-corrected chi connectivity index (χ4v) is 2.88. The lowest BCUT2D eigenvalue weighted by Gasteiger charge is -2.09. The predicted molar refractivity (Wildman–Crippen MR) is 89.2 cm³/mol. The number of hydrogen-bond acceptors (Lipinski definition) is 5. The number of halogens is 1. The number of nitrogens with one attached hydrogen (secondary N) is 2. The second-order valence-electron chi connectivity index (χ2n) is 6.07. The highest BCUT2D eigenvalue weighted by atomic mass is 19.1. The summed E-state index contributed by atoms with van der Waals surface area (Å²) in [5.74, 6) is 1.18. The van der Waals surface area contributed by atoms with E-state index in [1.807, 2.05) is 6.92 Å². The molecule has 0 bridgehead atoms. The Morgan fingerprint density at radius 1 is 1.42 bits per heavy atom. The molecule has 6 heteroatoms. The molecule has 0 spiro atoms. The number of carbonyl (C=O) groups excluding carboxylic acids is 1. The third-order valence-electron chi connectivity index (χ3n) is 4.27. The van der Waals surface area contributed by atoms with E-state index in [1.165, 1.54) is 12.1 Å². The summed E-state index contributed by atoms with van der Waals surface area (Å²) in [6.45, 7) is 3.83. The largest absolute Gasteiger partial charge is 0.441 e. The van der Waals surface area contributed by atoms with Crippen LogP contribution in [-0.4, -0.2) is 36.4 Å². The molecule has 0 amide bonds. The topological polar surface area (TPSA) is 67.2 Å². The number of benzene rings is 1. The third-order valence-corrected chi connectivity index (χ3v) is 4.27. The molecule has 1 aliphatic rings. The van der Waals surface area contributed by atoms with Gasteiger partial charge < -0.3 is 15.1 Å². The van der Waals surface area contributed by atoms with Crippen molar-refractivity contribution in [3.8, 4) is 11.5 Å². The van der Waals surface area contributed by atoms with Crippen LogP contribution in [0.1, 0.15) is 24.3 Å². The Morgan fingerprint density at radius 2 is 2.21 bits per heavy atom. The number of nitrogens with zero attached hydrogens (tertiary/aromatic N) is 1. The molecule has 3 rings (SSSR count). The first-order valence-corrected chi connectivity index (χ1v) is 8.32. The molecule has 2 aromatic rings. The zero-order valence-corrected chi connectivity index (χ0v) is 13.8. The summed E-state index contributed by atoms with van der Waals surface area (Å²) in [5, 5.41) is 6.38. The van der Waals surface area contributed by atoms with Gasteiger partial charge in [-0.25, -0.2) is 9.37 Å². The minimum Gasteiger partial charge on any atom is -0.441 e. The van der Waals surface area contributed by atoms with Crippen molar-refractivity contribution in [3.05, 3.63) is 41.5 Å². The second kappa shape index (κ2) is 7.68. The van der Waals surface area contributed by atoms with Crippen molar-refractivity contribution in [1.29, 1.82) is 0 Å². The van der Waals surface area contributed by atoms with Gasteiger partial charge in [-0.05, 0) is 50.6 Å². The Labute approximate surface area is 140 Å². The zero-order valence-electron chi connectivity index (χ0n) is 13.8. The molecule has 0 unspecified atom stereocenters. The Kier molecular flexibility index (Phi) is 5.37. The molecule has 1 aliphatic heterocycles.